The van der Waals surface area contributed by atoms with Gasteiger partial charge < -0.3 is 20.1 Å². The van der Waals surface area contributed by atoms with Crippen molar-refractivity contribution in [3.05, 3.63) is 75.7 Å². The largest absolute Gasteiger partial charge is 0.483 e. The second-order valence-corrected chi connectivity index (χ2v) is 8.43. The van der Waals surface area contributed by atoms with Gasteiger partial charge in [0, 0.05) is 5.69 Å². The number of esters is 1. The second kappa shape index (κ2) is 10.8. The first-order valence-electron chi connectivity index (χ1n) is 10.5. The summed E-state index contributed by atoms with van der Waals surface area (Å²) in [6.45, 7) is 7.11. The molecule has 2 N–H and O–H groups in total. The summed E-state index contributed by atoms with van der Waals surface area (Å²) in [7, 11) is 0. The van der Waals surface area contributed by atoms with Crippen molar-refractivity contribution in [1.82, 2.24) is 0 Å². The molecule has 1 heterocycles. The van der Waals surface area contributed by atoms with Crippen molar-refractivity contribution in [2.75, 3.05) is 23.8 Å². The normalized spacial score (nSPS) is 10.4. The average molecular weight is 467 g/mol. The minimum Gasteiger partial charge on any atom is -0.483 e. The van der Waals surface area contributed by atoms with Crippen molar-refractivity contribution in [1.29, 1.82) is 0 Å². The number of rotatable bonds is 8. The van der Waals surface area contributed by atoms with Crippen molar-refractivity contribution >= 4 is 39.8 Å². The molecule has 1 aromatic heterocycles. The van der Waals surface area contributed by atoms with E-state index in [2.05, 4.69) is 10.6 Å². The monoisotopic (exact) mass is 466 g/mol. The first-order valence-corrected chi connectivity index (χ1v) is 11.3. The Labute approximate surface area is 196 Å². The minimum atomic E-state index is -0.601. The number of amides is 2. The fourth-order valence-corrected chi connectivity index (χ4v) is 4.25. The van der Waals surface area contributed by atoms with Crippen molar-refractivity contribution in [3.63, 3.8) is 0 Å². The number of thiophene rings is 1. The zero-order valence-corrected chi connectivity index (χ0v) is 19.8. The van der Waals surface area contributed by atoms with Crippen LogP contribution in [0.2, 0.25) is 0 Å². The van der Waals surface area contributed by atoms with Gasteiger partial charge in [0.15, 0.2) is 6.61 Å². The smallest absolute Gasteiger partial charge is 0.341 e. The highest BCUT2D eigenvalue weighted by Gasteiger charge is 2.27. The zero-order chi connectivity index (χ0) is 24.0. The van der Waals surface area contributed by atoms with Gasteiger partial charge in [-0.05, 0) is 62.6 Å². The van der Waals surface area contributed by atoms with Crippen LogP contribution in [0.15, 0.2) is 48.5 Å². The Morgan fingerprint density at radius 1 is 0.970 bits per heavy atom. The van der Waals surface area contributed by atoms with E-state index in [4.69, 9.17) is 9.47 Å². The molecular formula is C25H26N2O5S. The zero-order valence-electron chi connectivity index (χ0n) is 19.0. The van der Waals surface area contributed by atoms with E-state index < -0.39 is 11.9 Å². The third-order valence-electron chi connectivity index (χ3n) is 4.82. The van der Waals surface area contributed by atoms with E-state index in [0.717, 1.165) is 22.5 Å². The summed E-state index contributed by atoms with van der Waals surface area (Å²) in [6, 6.07) is 14.7. The van der Waals surface area contributed by atoms with Crippen LogP contribution in [-0.2, 0) is 9.53 Å². The lowest BCUT2D eigenvalue weighted by atomic mass is 10.1. The Bertz CT molecular complexity index is 1170. The highest BCUT2D eigenvalue weighted by atomic mass is 32.1. The topological polar surface area (TPSA) is 93.7 Å². The summed E-state index contributed by atoms with van der Waals surface area (Å²) in [6.07, 6.45) is 0. The standard InChI is InChI=1S/C25H26N2O5S/c1-5-31-25(30)21-17(4)22(23(29)26-18-9-7-6-8-10-18)33-24(21)27-20(28)14-32-19-13-15(2)11-12-16(19)3/h6-13H,5,14H2,1-4H3,(H,26,29)(H,27,28). The number of aryl methyl sites for hydroxylation is 2. The molecule has 0 atom stereocenters. The quantitative estimate of drug-likeness (QED) is 0.450. The molecule has 172 valence electrons. The van der Waals surface area contributed by atoms with Gasteiger partial charge in [-0.2, -0.15) is 0 Å². The van der Waals surface area contributed by atoms with Crippen LogP contribution in [0.5, 0.6) is 5.75 Å². The molecule has 0 radical (unpaired) electrons. The first kappa shape index (κ1) is 24.0. The molecule has 0 bridgehead atoms. The van der Waals surface area contributed by atoms with E-state index in [1.807, 2.05) is 50.2 Å². The molecule has 0 spiro atoms. The number of hydrogen-bond acceptors (Lipinski definition) is 6. The van der Waals surface area contributed by atoms with E-state index in [0.29, 0.717) is 21.9 Å². The van der Waals surface area contributed by atoms with Crippen LogP contribution in [0.4, 0.5) is 10.7 Å². The van der Waals surface area contributed by atoms with Crippen LogP contribution in [0.1, 0.15) is 43.6 Å². The average Bonchev–Trinajstić information content (AvgIpc) is 3.11. The van der Waals surface area contributed by atoms with Crippen LogP contribution in [0, 0.1) is 20.8 Å². The van der Waals surface area contributed by atoms with Gasteiger partial charge in [-0.3, -0.25) is 9.59 Å². The molecular weight excluding hydrogens is 440 g/mol. The molecule has 2 aromatic carbocycles. The molecule has 0 aliphatic rings. The highest BCUT2D eigenvalue weighted by Crippen LogP contribution is 2.34. The third kappa shape index (κ3) is 5.98. The Hall–Kier alpha value is -3.65. The number of nitrogens with one attached hydrogen (secondary N) is 2. The Balaban J connectivity index is 1.81. The van der Waals surface area contributed by atoms with Gasteiger partial charge in [0.1, 0.15) is 10.8 Å². The Kier molecular flexibility index (Phi) is 7.84. The van der Waals surface area contributed by atoms with Crippen LogP contribution in [-0.4, -0.2) is 31.0 Å². The first-order chi connectivity index (χ1) is 15.8. The maximum absolute atomic E-state index is 12.9. The lowest BCUT2D eigenvalue weighted by Gasteiger charge is -2.10. The maximum atomic E-state index is 12.9. The maximum Gasteiger partial charge on any atom is 0.341 e. The molecule has 7 nitrogen and oxygen atoms in total. The van der Waals surface area contributed by atoms with Crippen LogP contribution in [0.3, 0.4) is 0 Å². The van der Waals surface area contributed by atoms with Gasteiger partial charge in [0.25, 0.3) is 11.8 Å². The number of hydrogen-bond donors (Lipinski definition) is 2. The van der Waals surface area contributed by atoms with E-state index in [-0.39, 0.29) is 29.7 Å². The van der Waals surface area contributed by atoms with Crippen molar-refractivity contribution < 1.29 is 23.9 Å². The van der Waals surface area contributed by atoms with E-state index in [1.54, 1.807) is 26.0 Å². The van der Waals surface area contributed by atoms with Crippen molar-refractivity contribution in [3.8, 4) is 5.75 Å². The predicted molar refractivity (Wildman–Crippen MR) is 129 cm³/mol. The van der Waals surface area contributed by atoms with Gasteiger partial charge in [-0.25, -0.2) is 4.79 Å². The molecule has 8 heteroatoms. The van der Waals surface area contributed by atoms with Crippen molar-refractivity contribution in [2.45, 2.75) is 27.7 Å². The lowest BCUT2D eigenvalue weighted by molar-refractivity contribution is -0.118. The summed E-state index contributed by atoms with van der Waals surface area (Å²) in [5.41, 5.74) is 3.16. The highest BCUT2D eigenvalue weighted by molar-refractivity contribution is 7.18. The number of carbonyl (C=O) groups excluding carboxylic acids is 3. The summed E-state index contributed by atoms with van der Waals surface area (Å²) in [5, 5.41) is 5.76. The van der Waals surface area contributed by atoms with Gasteiger partial charge in [-0.15, -0.1) is 11.3 Å². The fraction of sp³-hybridized carbons (Fsp3) is 0.240. The second-order valence-electron chi connectivity index (χ2n) is 7.41. The van der Waals surface area contributed by atoms with Crippen LogP contribution < -0.4 is 15.4 Å². The summed E-state index contributed by atoms with van der Waals surface area (Å²) in [5.74, 6) is -0.809. The van der Waals surface area contributed by atoms with Gasteiger partial charge in [0.2, 0.25) is 0 Å². The van der Waals surface area contributed by atoms with E-state index >= 15 is 0 Å². The fourth-order valence-electron chi connectivity index (χ4n) is 3.15. The van der Waals surface area contributed by atoms with Crippen molar-refractivity contribution in [2.24, 2.45) is 0 Å². The number of benzene rings is 2. The molecule has 0 saturated carbocycles. The van der Waals surface area contributed by atoms with E-state index in [1.165, 1.54) is 0 Å². The number of anilines is 2. The minimum absolute atomic E-state index is 0.167. The molecule has 3 aromatic rings. The van der Waals surface area contributed by atoms with Crippen LogP contribution >= 0.6 is 11.3 Å². The third-order valence-corrected chi connectivity index (χ3v) is 6.03. The SMILES string of the molecule is CCOC(=O)c1c(NC(=O)COc2cc(C)ccc2C)sc(C(=O)Nc2ccccc2)c1C. The van der Waals surface area contributed by atoms with Gasteiger partial charge in [-0.1, -0.05) is 30.3 Å². The van der Waals surface area contributed by atoms with Gasteiger partial charge >= 0.3 is 5.97 Å². The Morgan fingerprint density at radius 2 is 1.70 bits per heavy atom. The molecule has 0 unspecified atom stereocenters. The summed E-state index contributed by atoms with van der Waals surface area (Å²) in [4.78, 5) is 38.4. The number of carbonyl (C=O) groups is 3. The van der Waals surface area contributed by atoms with Gasteiger partial charge in [0.05, 0.1) is 17.0 Å². The number of ether oxygens (including phenoxy) is 2. The lowest BCUT2D eigenvalue weighted by Crippen LogP contribution is -2.21. The summed E-state index contributed by atoms with van der Waals surface area (Å²) < 4.78 is 10.8. The molecule has 0 saturated heterocycles. The van der Waals surface area contributed by atoms with Crippen LogP contribution in [0.25, 0.3) is 0 Å². The number of para-hydroxylation sites is 1. The molecule has 3 rings (SSSR count). The molecule has 0 aliphatic heterocycles. The summed E-state index contributed by atoms with van der Waals surface area (Å²) >= 11 is 1.02. The Morgan fingerprint density at radius 3 is 2.39 bits per heavy atom. The van der Waals surface area contributed by atoms with E-state index in [9.17, 15) is 14.4 Å². The predicted octanol–water partition coefficient (Wildman–Crippen LogP) is 5.12. The molecule has 2 amide bonds. The molecule has 0 aliphatic carbocycles. The molecule has 0 fully saturated rings. The molecule has 33 heavy (non-hydrogen) atoms.